The fourth-order valence-corrected chi connectivity index (χ4v) is 3.87. The molecule has 0 unspecified atom stereocenters. The summed E-state index contributed by atoms with van der Waals surface area (Å²) in [4.78, 5) is 29.0. The lowest BCUT2D eigenvalue weighted by Crippen LogP contribution is -2.39. The Balaban J connectivity index is 1.42. The van der Waals surface area contributed by atoms with E-state index in [9.17, 15) is 9.59 Å². The van der Waals surface area contributed by atoms with Crippen LogP contribution in [0.1, 0.15) is 42.1 Å². The molecule has 9 nitrogen and oxygen atoms in total. The van der Waals surface area contributed by atoms with Gasteiger partial charge >= 0.3 is 0 Å². The fraction of sp³-hybridized carbons (Fsp3) is 0.381. The molecule has 3 heterocycles. The summed E-state index contributed by atoms with van der Waals surface area (Å²) in [5.74, 6) is 0.116. The van der Waals surface area contributed by atoms with E-state index in [0.29, 0.717) is 11.4 Å². The SMILES string of the molecule is COc1nn(C)cc1C(=O)NC1CCC(n2nc(-c3ccncc3)ccc2=O)CC1. The maximum absolute atomic E-state index is 12.6. The van der Waals surface area contributed by atoms with Crippen molar-refractivity contribution in [2.24, 2.45) is 7.05 Å². The average Bonchev–Trinajstić information content (AvgIpc) is 3.16. The number of nitrogens with one attached hydrogen (secondary N) is 1. The maximum atomic E-state index is 12.6. The Hall–Kier alpha value is -3.49. The first-order valence-electron chi connectivity index (χ1n) is 9.94. The Bertz CT molecular complexity index is 1080. The highest BCUT2D eigenvalue weighted by atomic mass is 16.5. The highest BCUT2D eigenvalue weighted by molar-refractivity contribution is 5.96. The summed E-state index contributed by atoms with van der Waals surface area (Å²) in [6.07, 6.45) is 8.13. The molecule has 0 aliphatic heterocycles. The number of carbonyl (C=O) groups excluding carboxylic acids is 1. The summed E-state index contributed by atoms with van der Waals surface area (Å²) >= 11 is 0. The van der Waals surface area contributed by atoms with Crippen molar-refractivity contribution in [1.29, 1.82) is 0 Å². The van der Waals surface area contributed by atoms with Crippen molar-refractivity contribution in [2.45, 2.75) is 37.8 Å². The zero-order valence-corrected chi connectivity index (χ0v) is 17.0. The first-order chi connectivity index (χ1) is 14.5. The van der Waals surface area contributed by atoms with Crippen molar-refractivity contribution in [3.8, 4) is 17.1 Å². The highest BCUT2D eigenvalue weighted by Crippen LogP contribution is 2.28. The number of amides is 1. The second-order valence-electron chi connectivity index (χ2n) is 7.44. The molecular weight excluding hydrogens is 384 g/mol. The second kappa shape index (κ2) is 8.48. The van der Waals surface area contributed by atoms with Gasteiger partial charge in [0.2, 0.25) is 5.88 Å². The number of hydrogen-bond donors (Lipinski definition) is 1. The molecule has 1 saturated carbocycles. The van der Waals surface area contributed by atoms with Crippen LogP contribution >= 0.6 is 0 Å². The molecule has 1 aliphatic carbocycles. The van der Waals surface area contributed by atoms with E-state index in [2.05, 4.69) is 20.5 Å². The Morgan fingerprint density at radius 3 is 2.53 bits per heavy atom. The molecule has 1 fully saturated rings. The molecule has 156 valence electrons. The molecule has 0 radical (unpaired) electrons. The lowest BCUT2D eigenvalue weighted by molar-refractivity contribution is 0.0918. The van der Waals surface area contributed by atoms with Gasteiger partial charge < -0.3 is 10.1 Å². The summed E-state index contributed by atoms with van der Waals surface area (Å²) in [5.41, 5.74) is 1.98. The number of aryl methyl sites for hydroxylation is 1. The molecule has 0 bridgehead atoms. The van der Waals surface area contributed by atoms with Gasteiger partial charge in [-0.3, -0.25) is 19.3 Å². The first kappa shape index (κ1) is 19.8. The Labute approximate surface area is 173 Å². The molecule has 1 aliphatic rings. The van der Waals surface area contributed by atoms with Gasteiger partial charge in [0.05, 0.1) is 18.8 Å². The zero-order chi connectivity index (χ0) is 21.1. The minimum absolute atomic E-state index is 0.0142. The molecule has 4 rings (SSSR count). The third-order valence-corrected chi connectivity index (χ3v) is 5.41. The zero-order valence-electron chi connectivity index (χ0n) is 17.0. The second-order valence-corrected chi connectivity index (χ2v) is 7.44. The lowest BCUT2D eigenvalue weighted by atomic mass is 9.91. The maximum Gasteiger partial charge on any atom is 0.267 e. The summed E-state index contributed by atoms with van der Waals surface area (Å²) in [7, 11) is 3.24. The predicted molar refractivity (Wildman–Crippen MR) is 110 cm³/mol. The van der Waals surface area contributed by atoms with Crippen LogP contribution in [-0.2, 0) is 7.05 Å². The van der Waals surface area contributed by atoms with Crippen LogP contribution in [0.15, 0.2) is 47.7 Å². The molecular formula is C21H24N6O3. The van der Waals surface area contributed by atoms with E-state index in [1.54, 1.807) is 47.1 Å². The van der Waals surface area contributed by atoms with E-state index in [0.717, 1.165) is 36.9 Å². The van der Waals surface area contributed by atoms with Gasteiger partial charge in [-0.05, 0) is 43.9 Å². The van der Waals surface area contributed by atoms with Crippen molar-refractivity contribution in [3.63, 3.8) is 0 Å². The molecule has 0 aromatic carbocycles. The van der Waals surface area contributed by atoms with Crippen molar-refractivity contribution in [1.82, 2.24) is 29.9 Å². The number of aromatic nitrogens is 5. The van der Waals surface area contributed by atoms with Crippen LogP contribution in [-0.4, -0.2) is 43.6 Å². The Morgan fingerprint density at radius 1 is 1.10 bits per heavy atom. The largest absolute Gasteiger partial charge is 0.479 e. The summed E-state index contributed by atoms with van der Waals surface area (Å²) in [5, 5.41) is 11.8. The van der Waals surface area contributed by atoms with Gasteiger partial charge in [-0.15, -0.1) is 5.10 Å². The lowest BCUT2D eigenvalue weighted by Gasteiger charge is -2.29. The van der Waals surface area contributed by atoms with Crippen molar-refractivity contribution < 1.29 is 9.53 Å². The summed E-state index contributed by atoms with van der Waals surface area (Å²) < 4.78 is 8.30. The van der Waals surface area contributed by atoms with E-state index in [-0.39, 0.29) is 23.6 Å². The summed E-state index contributed by atoms with van der Waals surface area (Å²) in [6, 6.07) is 7.09. The number of carbonyl (C=O) groups is 1. The molecule has 0 atom stereocenters. The average molecular weight is 408 g/mol. The van der Waals surface area contributed by atoms with Crippen LogP contribution in [0.3, 0.4) is 0 Å². The Morgan fingerprint density at radius 2 is 1.83 bits per heavy atom. The number of methoxy groups -OCH3 is 1. The van der Waals surface area contributed by atoms with Gasteiger partial charge in [-0.2, -0.15) is 5.10 Å². The van der Waals surface area contributed by atoms with Gasteiger partial charge in [-0.25, -0.2) is 4.68 Å². The van der Waals surface area contributed by atoms with Crippen molar-refractivity contribution in [3.05, 3.63) is 58.8 Å². The van der Waals surface area contributed by atoms with E-state index < -0.39 is 0 Å². The quantitative estimate of drug-likeness (QED) is 0.692. The number of hydrogen-bond acceptors (Lipinski definition) is 6. The van der Waals surface area contributed by atoms with Crippen LogP contribution in [0, 0.1) is 0 Å². The molecule has 1 N–H and O–H groups in total. The number of pyridine rings is 1. The van der Waals surface area contributed by atoms with Crippen LogP contribution in [0.25, 0.3) is 11.3 Å². The smallest absolute Gasteiger partial charge is 0.267 e. The predicted octanol–water partition coefficient (Wildman–Crippen LogP) is 1.96. The standard InChI is InChI=1S/C21H24N6O3/c1-26-13-17(21(25-26)30-2)20(29)23-15-3-5-16(6-4-15)27-19(28)8-7-18(24-27)14-9-11-22-12-10-14/h7-13,15-16H,3-6H2,1-2H3,(H,23,29). The molecule has 3 aromatic rings. The van der Waals surface area contributed by atoms with Crippen LogP contribution < -0.4 is 15.6 Å². The van der Waals surface area contributed by atoms with Crippen LogP contribution in [0.4, 0.5) is 0 Å². The first-order valence-corrected chi connectivity index (χ1v) is 9.94. The third-order valence-electron chi connectivity index (χ3n) is 5.41. The minimum atomic E-state index is -0.196. The Kier molecular flexibility index (Phi) is 5.60. The normalized spacial score (nSPS) is 18.7. The van der Waals surface area contributed by atoms with E-state index in [1.165, 1.54) is 7.11 Å². The molecule has 3 aromatic heterocycles. The molecule has 1 amide bonds. The van der Waals surface area contributed by atoms with Gasteiger partial charge in [0.15, 0.2) is 0 Å². The number of nitrogens with zero attached hydrogens (tertiary/aromatic N) is 5. The van der Waals surface area contributed by atoms with E-state index in [4.69, 9.17) is 4.74 Å². The molecule has 30 heavy (non-hydrogen) atoms. The van der Waals surface area contributed by atoms with Crippen LogP contribution in [0.2, 0.25) is 0 Å². The van der Waals surface area contributed by atoms with Crippen LogP contribution in [0.5, 0.6) is 5.88 Å². The molecule has 9 heteroatoms. The van der Waals surface area contributed by atoms with Gasteiger partial charge in [0.25, 0.3) is 11.5 Å². The third kappa shape index (κ3) is 4.10. The summed E-state index contributed by atoms with van der Waals surface area (Å²) in [6.45, 7) is 0. The van der Waals surface area contributed by atoms with Gasteiger partial charge in [0.1, 0.15) is 5.56 Å². The van der Waals surface area contributed by atoms with E-state index in [1.807, 2.05) is 12.1 Å². The minimum Gasteiger partial charge on any atom is -0.479 e. The van der Waals surface area contributed by atoms with E-state index >= 15 is 0 Å². The topological polar surface area (TPSA) is 104 Å². The monoisotopic (exact) mass is 408 g/mol. The number of rotatable bonds is 5. The van der Waals surface area contributed by atoms with Gasteiger partial charge in [-0.1, -0.05) is 0 Å². The van der Waals surface area contributed by atoms with Crippen molar-refractivity contribution >= 4 is 5.91 Å². The number of ether oxygens (including phenoxy) is 1. The van der Waals surface area contributed by atoms with Crippen molar-refractivity contribution in [2.75, 3.05) is 7.11 Å². The highest BCUT2D eigenvalue weighted by Gasteiger charge is 2.26. The molecule has 0 saturated heterocycles. The molecule has 0 spiro atoms. The fourth-order valence-electron chi connectivity index (χ4n) is 3.87. The van der Waals surface area contributed by atoms with Gasteiger partial charge in [0, 0.05) is 43.3 Å².